The molecule has 2 aromatic rings. The summed E-state index contributed by atoms with van der Waals surface area (Å²) >= 11 is 7.18. The topological polar surface area (TPSA) is 30.7 Å². The highest BCUT2D eigenvalue weighted by molar-refractivity contribution is 9.10. The van der Waals surface area contributed by atoms with Gasteiger partial charge in [-0.05, 0) is 22.0 Å². The molecule has 0 aromatic carbocycles. The van der Waals surface area contributed by atoms with Crippen molar-refractivity contribution in [2.45, 2.75) is 16.9 Å². The van der Waals surface area contributed by atoms with Gasteiger partial charge in [0, 0.05) is 12.4 Å². The number of hydrogen-bond acceptors (Lipinski definition) is 2. The fraction of sp³-hybridized carbons (Fsp3) is 0.273. The zero-order chi connectivity index (χ0) is 17.6. The number of aromatic nitrogens is 3. The van der Waals surface area contributed by atoms with Gasteiger partial charge in [-0.1, -0.05) is 11.6 Å². The molecule has 0 saturated heterocycles. The maximum atomic E-state index is 13.4. The van der Waals surface area contributed by atoms with Crippen LogP contribution in [0.25, 0.3) is 5.82 Å². The fourth-order valence-electron chi connectivity index (χ4n) is 1.52. The van der Waals surface area contributed by atoms with Crippen molar-refractivity contribution in [3.8, 4) is 5.82 Å². The molecule has 0 saturated carbocycles. The summed E-state index contributed by atoms with van der Waals surface area (Å²) in [6.07, 6.45) is -3.08. The molecule has 12 heteroatoms. The minimum Gasteiger partial charge on any atom is -0.289 e. The van der Waals surface area contributed by atoms with Crippen molar-refractivity contribution in [2.75, 3.05) is 0 Å². The van der Waals surface area contributed by atoms with Crippen molar-refractivity contribution >= 4 is 27.5 Å². The average Bonchev–Trinajstić information content (AvgIpc) is 2.86. The lowest BCUT2D eigenvalue weighted by Gasteiger charge is -2.19. The second kappa shape index (κ2) is 5.62. The van der Waals surface area contributed by atoms with Crippen molar-refractivity contribution < 1.29 is 30.7 Å². The highest BCUT2D eigenvalue weighted by Crippen LogP contribution is 2.46. The van der Waals surface area contributed by atoms with Crippen LogP contribution in [0, 0.1) is 0 Å². The summed E-state index contributed by atoms with van der Waals surface area (Å²) in [4.78, 5) is 1.97. The monoisotopic (exact) mass is 425 g/mol. The van der Waals surface area contributed by atoms with Crippen LogP contribution in [-0.4, -0.2) is 19.4 Å². The first-order chi connectivity index (χ1) is 10.3. The Labute approximate surface area is 137 Å². The number of pyridine rings is 1. The second-order valence-corrected chi connectivity index (χ2v) is 5.67. The second-order valence-electron chi connectivity index (χ2n) is 4.27. The lowest BCUT2D eigenvalue weighted by atomic mass is 10.2. The van der Waals surface area contributed by atoms with Crippen LogP contribution >= 0.6 is 27.5 Å². The van der Waals surface area contributed by atoms with Crippen LogP contribution in [0.15, 0.2) is 24.8 Å². The molecule has 2 rings (SSSR count). The van der Waals surface area contributed by atoms with Crippen molar-refractivity contribution in [2.24, 2.45) is 0 Å². The van der Waals surface area contributed by atoms with Crippen LogP contribution < -0.4 is 0 Å². The van der Waals surface area contributed by atoms with Crippen LogP contribution in [0.4, 0.5) is 30.7 Å². The Bertz CT molecular complexity index is 723. The zero-order valence-corrected chi connectivity index (χ0v) is 12.9. The Morgan fingerprint density at radius 1 is 1.04 bits per heavy atom. The van der Waals surface area contributed by atoms with E-state index in [4.69, 9.17) is 11.6 Å². The Hall–Kier alpha value is -1.36. The van der Waals surface area contributed by atoms with Crippen LogP contribution in [-0.2, 0) is 12.1 Å². The molecule has 126 valence electrons. The van der Waals surface area contributed by atoms with E-state index in [0.29, 0.717) is 29.4 Å². The molecule has 0 atom stereocenters. The molecule has 0 aliphatic heterocycles. The predicted octanol–water partition coefficient (Wildman–Crippen LogP) is 5.02. The van der Waals surface area contributed by atoms with Gasteiger partial charge in [-0.25, -0.2) is 9.97 Å². The average molecular weight is 427 g/mol. The van der Waals surface area contributed by atoms with Crippen LogP contribution in [0.2, 0.25) is 5.02 Å². The van der Waals surface area contributed by atoms with E-state index >= 15 is 0 Å². The fourth-order valence-corrected chi connectivity index (χ4v) is 1.99. The molecule has 0 amide bonds. The van der Waals surface area contributed by atoms with Gasteiger partial charge in [-0.15, -0.1) is 0 Å². The number of halogens is 9. The van der Waals surface area contributed by atoms with Gasteiger partial charge in [-0.2, -0.15) is 30.7 Å². The molecule has 2 aromatic heterocycles. The third-order valence-corrected chi connectivity index (χ3v) is 3.43. The number of nitrogens with zero attached hydrogens (tertiary/aromatic N) is 3. The van der Waals surface area contributed by atoms with Crippen LogP contribution in [0.3, 0.4) is 0 Å². The predicted molar refractivity (Wildman–Crippen MR) is 69.1 cm³/mol. The molecule has 0 radical (unpaired) electrons. The third-order valence-electron chi connectivity index (χ3n) is 2.65. The minimum absolute atomic E-state index is 0.368. The number of hydrogen-bond donors (Lipinski definition) is 0. The first-order valence-electron chi connectivity index (χ1n) is 5.56. The maximum absolute atomic E-state index is 13.4. The summed E-state index contributed by atoms with van der Waals surface area (Å²) in [5.74, 6) is -5.01. The van der Waals surface area contributed by atoms with Crippen molar-refractivity contribution in [1.82, 2.24) is 14.5 Å². The summed E-state index contributed by atoms with van der Waals surface area (Å²) in [6, 6.07) is 0.529. The molecular weight excluding hydrogens is 422 g/mol. The molecule has 0 unspecified atom stereocenters. The quantitative estimate of drug-likeness (QED) is 0.510. The van der Waals surface area contributed by atoms with Gasteiger partial charge in [-0.3, -0.25) is 4.57 Å². The first kappa shape index (κ1) is 18.0. The van der Waals surface area contributed by atoms with Crippen LogP contribution in [0.5, 0.6) is 0 Å². The largest absolute Gasteiger partial charge is 0.417 e. The van der Waals surface area contributed by atoms with Crippen LogP contribution in [0.1, 0.15) is 11.3 Å². The molecular formula is C11H4BrClF7N3. The molecule has 2 heterocycles. The lowest BCUT2D eigenvalue weighted by molar-refractivity contribution is -0.156. The molecule has 0 aliphatic carbocycles. The Morgan fingerprint density at radius 2 is 1.65 bits per heavy atom. The van der Waals surface area contributed by atoms with Gasteiger partial charge >= 0.3 is 16.9 Å². The van der Waals surface area contributed by atoms with Crippen molar-refractivity contribution in [3.63, 3.8) is 0 Å². The summed E-state index contributed by atoms with van der Waals surface area (Å²) in [7, 11) is 0. The molecule has 23 heavy (non-hydrogen) atoms. The number of rotatable bonds is 3. The maximum Gasteiger partial charge on any atom is 0.417 e. The van der Waals surface area contributed by atoms with E-state index < -0.39 is 33.2 Å². The normalized spacial score (nSPS) is 13.4. The third kappa shape index (κ3) is 3.44. The van der Waals surface area contributed by atoms with Gasteiger partial charge in [0.1, 0.15) is 12.0 Å². The molecule has 0 aliphatic rings. The Morgan fingerprint density at radius 3 is 2.13 bits per heavy atom. The highest BCUT2D eigenvalue weighted by Gasteiger charge is 2.57. The summed E-state index contributed by atoms with van der Waals surface area (Å²) in [5.41, 5.74) is -2.46. The molecule has 0 fully saturated rings. The molecule has 0 spiro atoms. The zero-order valence-electron chi connectivity index (χ0n) is 10.6. The summed E-state index contributed by atoms with van der Waals surface area (Å²) < 4.78 is 90.7. The summed E-state index contributed by atoms with van der Waals surface area (Å²) in [5, 5.41) is -0.516. The van der Waals surface area contributed by atoms with E-state index in [-0.39, 0.29) is 5.82 Å². The van der Waals surface area contributed by atoms with Gasteiger partial charge in [0.05, 0.1) is 10.6 Å². The lowest BCUT2D eigenvalue weighted by Crippen LogP contribution is -2.32. The standard InChI is InChI=1S/C11H4BrClF7N3/c12-11(19,20)9(14,15)7-3-23(4-22-7)8-6(13)1-5(2-21-8)10(16,17)18/h1-4H. The van der Waals surface area contributed by atoms with E-state index in [1.165, 1.54) is 0 Å². The van der Waals surface area contributed by atoms with E-state index in [1.807, 2.05) is 0 Å². The minimum atomic E-state index is -4.69. The van der Waals surface area contributed by atoms with E-state index in [1.54, 1.807) is 15.9 Å². The SMILES string of the molecule is FC(F)(F)c1cnc(-n2cnc(C(F)(F)C(F)(F)Br)c2)c(Cl)c1. The van der Waals surface area contributed by atoms with E-state index in [2.05, 4.69) is 9.97 Å². The van der Waals surface area contributed by atoms with Crippen molar-refractivity contribution in [3.05, 3.63) is 41.1 Å². The van der Waals surface area contributed by atoms with E-state index in [9.17, 15) is 30.7 Å². The highest BCUT2D eigenvalue weighted by atomic mass is 79.9. The number of alkyl halides is 8. The number of imidazole rings is 1. The van der Waals surface area contributed by atoms with Gasteiger partial charge < -0.3 is 0 Å². The first-order valence-corrected chi connectivity index (χ1v) is 6.73. The van der Waals surface area contributed by atoms with E-state index in [0.717, 1.165) is 0 Å². The summed E-state index contributed by atoms with van der Waals surface area (Å²) in [6.45, 7) is 0. The van der Waals surface area contributed by atoms with Gasteiger partial charge in [0.15, 0.2) is 5.82 Å². The Balaban J connectivity index is 2.42. The molecule has 3 nitrogen and oxygen atoms in total. The van der Waals surface area contributed by atoms with Gasteiger partial charge in [0.25, 0.3) is 0 Å². The molecule has 0 bridgehead atoms. The Kier molecular flexibility index (Phi) is 4.39. The van der Waals surface area contributed by atoms with Gasteiger partial charge in [0.2, 0.25) is 0 Å². The van der Waals surface area contributed by atoms with Crippen molar-refractivity contribution in [1.29, 1.82) is 0 Å². The molecule has 0 N–H and O–H groups in total. The smallest absolute Gasteiger partial charge is 0.289 e.